The van der Waals surface area contributed by atoms with Gasteiger partial charge >= 0.3 is 0 Å². The van der Waals surface area contributed by atoms with Crippen LogP contribution in [0, 0.1) is 0 Å². The lowest BCUT2D eigenvalue weighted by atomic mass is 10.0. The van der Waals surface area contributed by atoms with E-state index in [1.807, 2.05) is 4.90 Å². The highest BCUT2D eigenvalue weighted by atomic mass is 35.5. The van der Waals surface area contributed by atoms with Crippen LogP contribution >= 0.6 is 23.2 Å². The zero-order chi connectivity index (χ0) is 20.1. The minimum absolute atomic E-state index is 0.000370. The number of aldehydes is 1. The molecule has 1 fully saturated rings. The lowest BCUT2D eigenvalue weighted by Crippen LogP contribution is -2.58. The van der Waals surface area contributed by atoms with Crippen molar-refractivity contribution in [3.05, 3.63) is 28.2 Å². The van der Waals surface area contributed by atoms with E-state index in [0.717, 1.165) is 5.69 Å². The number of benzene rings is 1. The number of anilines is 1. The fraction of sp³-hybridized carbons (Fsp3) is 0.500. The summed E-state index contributed by atoms with van der Waals surface area (Å²) in [5.74, 6) is -0.961. The summed E-state index contributed by atoms with van der Waals surface area (Å²) in [7, 11) is 0. The second-order valence-corrected chi connectivity index (χ2v) is 6.94. The SMILES string of the molecule is O=C[C@H](O)[C@@H](O)[C@@H](O)[C@H](O)C(=O)NN1CCN(c2ccc(Cl)cc2Cl)CC1. The Morgan fingerprint density at radius 3 is 2.26 bits per heavy atom. The molecule has 0 spiro atoms. The van der Waals surface area contributed by atoms with Crippen molar-refractivity contribution in [3.8, 4) is 0 Å². The van der Waals surface area contributed by atoms with E-state index in [1.54, 1.807) is 23.2 Å². The van der Waals surface area contributed by atoms with Gasteiger partial charge in [-0.2, -0.15) is 0 Å². The van der Waals surface area contributed by atoms with Gasteiger partial charge in [-0.1, -0.05) is 23.2 Å². The first-order valence-electron chi connectivity index (χ1n) is 8.17. The highest BCUT2D eigenvalue weighted by Crippen LogP contribution is 2.29. The van der Waals surface area contributed by atoms with Gasteiger partial charge in [-0.3, -0.25) is 10.2 Å². The Hall–Kier alpha value is -1.46. The van der Waals surface area contributed by atoms with Crippen LogP contribution in [0.1, 0.15) is 0 Å². The zero-order valence-electron chi connectivity index (χ0n) is 14.2. The predicted octanol–water partition coefficient (Wildman–Crippen LogP) is -1.21. The van der Waals surface area contributed by atoms with Gasteiger partial charge in [0.25, 0.3) is 5.91 Å². The molecule has 1 aromatic carbocycles. The maximum absolute atomic E-state index is 12.0. The lowest BCUT2D eigenvalue weighted by molar-refractivity contribution is -0.153. The van der Waals surface area contributed by atoms with Crippen LogP contribution in [0.5, 0.6) is 0 Å². The normalized spacial score (nSPS) is 19.9. The summed E-state index contributed by atoms with van der Waals surface area (Å²) in [5.41, 5.74) is 3.24. The van der Waals surface area contributed by atoms with Crippen molar-refractivity contribution < 1.29 is 30.0 Å². The molecule has 0 bridgehead atoms. The minimum Gasteiger partial charge on any atom is -0.387 e. The number of aliphatic hydroxyl groups excluding tert-OH is 4. The van der Waals surface area contributed by atoms with E-state index >= 15 is 0 Å². The van der Waals surface area contributed by atoms with Crippen LogP contribution in [-0.2, 0) is 9.59 Å². The summed E-state index contributed by atoms with van der Waals surface area (Å²) in [6.07, 6.45) is -7.92. The summed E-state index contributed by atoms with van der Waals surface area (Å²) in [6.45, 7) is 1.89. The number of hydrogen-bond acceptors (Lipinski definition) is 8. The van der Waals surface area contributed by atoms with Crippen LogP contribution in [0.4, 0.5) is 5.69 Å². The van der Waals surface area contributed by atoms with Gasteiger partial charge in [0.2, 0.25) is 0 Å². The second kappa shape index (κ2) is 9.65. The Labute approximate surface area is 165 Å². The molecule has 1 aromatic rings. The summed E-state index contributed by atoms with van der Waals surface area (Å²) in [6, 6.07) is 5.18. The first-order valence-corrected chi connectivity index (χ1v) is 8.93. The first-order chi connectivity index (χ1) is 12.7. The van der Waals surface area contributed by atoms with E-state index in [4.69, 9.17) is 23.2 Å². The number of hydrazine groups is 1. The van der Waals surface area contributed by atoms with Gasteiger partial charge in [-0.25, -0.2) is 5.01 Å². The summed E-state index contributed by atoms with van der Waals surface area (Å²) in [4.78, 5) is 24.4. The Morgan fingerprint density at radius 2 is 1.70 bits per heavy atom. The Kier molecular flexibility index (Phi) is 7.80. The summed E-state index contributed by atoms with van der Waals surface area (Å²) >= 11 is 12.1. The van der Waals surface area contributed by atoms with Gasteiger partial charge in [-0.15, -0.1) is 0 Å². The standard InChI is InChI=1S/C16H21Cl2N3O6/c17-9-1-2-11(10(18)7-9)20-3-5-21(6-4-20)19-16(27)15(26)14(25)13(24)12(23)8-22/h1-2,7-8,12-15,23-26H,3-6H2,(H,19,27)/t12-,13+,14+,15-/m0/s1. The number of carbonyl (C=O) groups is 2. The number of amides is 1. The summed E-state index contributed by atoms with van der Waals surface area (Å²) in [5, 5.41) is 40.8. The summed E-state index contributed by atoms with van der Waals surface area (Å²) < 4.78 is 0. The van der Waals surface area contributed by atoms with Crippen molar-refractivity contribution >= 4 is 41.1 Å². The molecule has 2 rings (SSSR count). The Morgan fingerprint density at radius 1 is 1.07 bits per heavy atom. The van der Waals surface area contributed by atoms with Crippen LogP contribution in [0.3, 0.4) is 0 Å². The second-order valence-electron chi connectivity index (χ2n) is 6.10. The van der Waals surface area contributed by atoms with Crippen LogP contribution < -0.4 is 10.3 Å². The molecule has 1 saturated heterocycles. The molecule has 11 heteroatoms. The molecular weight excluding hydrogens is 401 g/mol. The van der Waals surface area contributed by atoms with Crippen LogP contribution in [-0.4, -0.2) is 88.2 Å². The molecule has 150 valence electrons. The number of halogens is 2. The maximum Gasteiger partial charge on any atom is 0.265 e. The fourth-order valence-corrected chi connectivity index (χ4v) is 3.17. The third-order valence-corrected chi connectivity index (χ3v) is 4.77. The molecule has 27 heavy (non-hydrogen) atoms. The molecular formula is C16H21Cl2N3O6. The number of piperazine rings is 1. The van der Waals surface area contributed by atoms with Gasteiger partial charge < -0.3 is 30.1 Å². The van der Waals surface area contributed by atoms with E-state index in [0.29, 0.717) is 36.2 Å². The average Bonchev–Trinajstić information content (AvgIpc) is 2.66. The van der Waals surface area contributed by atoms with Crippen molar-refractivity contribution in [2.24, 2.45) is 0 Å². The van der Waals surface area contributed by atoms with Crippen LogP contribution in [0.2, 0.25) is 10.0 Å². The van der Waals surface area contributed by atoms with E-state index in [-0.39, 0.29) is 6.29 Å². The molecule has 0 unspecified atom stereocenters. The van der Waals surface area contributed by atoms with Crippen molar-refractivity contribution in [1.82, 2.24) is 10.4 Å². The lowest BCUT2D eigenvalue weighted by Gasteiger charge is -2.37. The molecule has 0 saturated carbocycles. The highest BCUT2D eigenvalue weighted by Gasteiger charge is 2.35. The van der Waals surface area contributed by atoms with Gasteiger partial charge in [0.15, 0.2) is 12.4 Å². The number of nitrogens with one attached hydrogen (secondary N) is 1. The van der Waals surface area contributed by atoms with Gasteiger partial charge in [0, 0.05) is 31.2 Å². The zero-order valence-corrected chi connectivity index (χ0v) is 15.7. The molecule has 4 atom stereocenters. The third kappa shape index (κ3) is 5.52. The van der Waals surface area contributed by atoms with Crippen molar-refractivity contribution in [1.29, 1.82) is 0 Å². The monoisotopic (exact) mass is 421 g/mol. The van der Waals surface area contributed by atoms with E-state index < -0.39 is 30.3 Å². The smallest absolute Gasteiger partial charge is 0.265 e. The predicted molar refractivity (Wildman–Crippen MR) is 98.5 cm³/mol. The number of hydrogen-bond donors (Lipinski definition) is 5. The van der Waals surface area contributed by atoms with Gasteiger partial charge in [-0.05, 0) is 18.2 Å². The largest absolute Gasteiger partial charge is 0.387 e. The van der Waals surface area contributed by atoms with Crippen molar-refractivity contribution in [2.45, 2.75) is 24.4 Å². The maximum atomic E-state index is 12.0. The molecule has 9 nitrogen and oxygen atoms in total. The number of aliphatic hydroxyl groups is 4. The van der Waals surface area contributed by atoms with Crippen molar-refractivity contribution in [3.63, 3.8) is 0 Å². The van der Waals surface area contributed by atoms with E-state index in [2.05, 4.69) is 5.43 Å². The molecule has 0 aromatic heterocycles. The minimum atomic E-state index is -2.02. The number of rotatable bonds is 7. The quantitative estimate of drug-likeness (QED) is 0.346. The topological polar surface area (TPSA) is 134 Å². The van der Waals surface area contributed by atoms with E-state index in [1.165, 1.54) is 0 Å². The molecule has 0 aliphatic carbocycles. The van der Waals surface area contributed by atoms with E-state index in [9.17, 15) is 30.0 Å². The average molecular weight is 422 g/mol. The molecule has 1 aliphatic heterocycles. The number of nitrogens with zero attached hydrogens (tertiary/aromatic N) is 2. The van der Waals surface area contributed by atoms with Gasteiger partial charge in [0.05, 0.1) is 10.7 Å². The third-order valence-electron chi connectivity index (χ3n) is 4.23. The van der Waals surface area contributed by atoms with Crippen molar-refractivity contribution in [2.75, 3.05) is 31.1 Å². The van der Waals surface area contributed by atoms with Crippen LogP contribution in [0.15, 0.2) is 18.2 Å². The molecule has 5 N–H and O–H groups in total. The molecule has 0 radical (unpaired) electrons. The molecule has 1 amide bonds. The Balaban J connectivity index is 1.87. The van der Waals surface area contributed by atoms with Gasteiger partial charge in [0.1, 0.15) is 18.3 Å². The molecule has 1 heterocycles. The molecule has 1 aliphatic rings. The highest BCUT2D eigenvalue weighted by molar-refractivity contribution is 6.36. The Bertz CT molecular complexity index is 672. The number of carbonyl (C=O) groups excluding carboxylic acids is 2. The van der Waals surface area contributed by atoms with Crippen LogP contribution in [0.25, 0.3) is 0 Å². The first kappa shape index (κ1) is 21.8. The fourth-order valence-electron chi connectivity index (χ4n) is 2.64.